The number of morpholine rings is 2. The monoisotopic (exact) mass is 1290 g/mol. The zero-order valence-electron chi connectivity index (χ0n) is 51.2. The number of ether oxygens (including phenoxy) is 2. The molecule has 2 aliphatic rings. The van der Waals surface area contributed by atoms with Gasteiger partial charge in [0.1, 0.15) is 28.5 Å². The Hall–Kier alpha value is -8.94. The third-order valence-corrected chi connectivity index (χ3v) is 14.4. The van der Waals surface area contributed by atoms with Crippen molar-refractivity contribution in [1.29, 1.82) is 0 Å². The van der Waals surface area contributed by atoms with Gasteiger partial charge in [-0.3, -0.25) is 38.6 Å². The highest BCUT2D eigenvalue weighted by Crippen LogP contribution is 2.25. The Morgan fingerprint density at radius 1 is 0.505 bits per heavy atom. The van der Waals surface area contributed by atoms with Crippen molar-refractivity contribution in [1.82, 2.24) is 43.7 Å². The van der Waals surface area contributed by atoms with E-state index < -0.39 is 47.9 Å². The van der Waals surface area contributed by atoms with Crippen molar-refractivity contribution in [2.45, 2.75) is 78.8 Å². The number of halogens is 6. The molecule has 0 radical (unpaired) electrons. The zero-order chi connectivity index (χ0) is 66.7. The lowest BCUT2D eigenvalue weighted by Gasteiger charge is -2.26. The van der Waals surface area contributed by atoms with Gasteiger partial charge < -0.3 is 74.8 Å². The van der Waals surface area contributed by atoms with Crippen molar-refractivity contribution in [3.05, 3.63) is 107 Å². The van der Waals surface area contributed by atoms with Gasteiger partial charge in [-0.15, -0.1) is 0 Å². The highest BCUT2D eigenvalue weighted by Gasteiger charge is 2.39. The zero-order valence-corrected chi connectivity index (χ0v) is 51.2. The van der Waals surface area contributed by atoms with Crippen LogP contribution in [-0.4, -0.2) is 182 Å². The Labute approximate surface area is 519 Å². The first-order chi connectivity index (χ1) is 42.9. The van der Waals surface area contributed by atoms with Crippen molar-refractivity contribution in [3.8, 4) is 0 Å². The number of fused-ring (bicyclic) bond motifs is 1. The number of aryl methyl sites for hydroxylation is 4. The molecule has 6 aromatic rings. The molecule has 0 atom stereocenters. The molecule has 0 saturated carbocycles. The van der Waals surface area contributed by atoms with Gasteiger partial charge >= 0.3 is 24.3 Å². The molecule has 9 N–H and O–H groups in total. The third kappa shape index (κ3) is 21.9. The Bertz CT molecular complexity index is 3310. The summed E-state index contributed by atoms with van der Waals surface area (Å²) in [4.78, 5) is 107. The Balaban J connectivity index is 0.000000842. The van der Waals surface area contributed by atoms with E-state index >= 15 is 0 Å². The van der Waals surface area contributed by atoms with Gasteiger partial charge in [0.2, 0.25) is 0 Å². The average molecular weight is 1290 g/mol. The minimum Gasteiger partial charge on any atom is -0.475 e. The van der Waals surface area contributed by atoms with E-state index in [0.29, 0.717) is 100 Å². The van der Waals surface area contributed by atoms with E-state index in [4.69, 9.17) is 29.3 Å². The second-order valence-electron chi connectivity index (χ2n) is 22.5. The lowest BCUT2D eigenvalue weighted by Crippen LogP contribution is -2.38. The molecular weight excluding hydrogens is 1210 g/mol. The van der Waals surface area contributed by atoms with Gasteiger partial charge in [-0.1, -0.05) is 27.7 Å². The SMILES string of the molecule is CC(C)CCn1cc(NC(=O)c2ccc3[nH]c(C(=O)Nc4cc(C(=O)Nc5cc(C(=O)NCCCN6CCOCC6)n(C)c5)n(CCC(C)C)c4)cc3c2)cc1C(=O)Nc1cc(C(=O)NCCCN2CCOCC2)n(C)c1.O=C(O)C(F)(F)F.O=C(O)C(F)(F)F. The number of carbonyl (C=O) groups is 8. The highest BCUT2D eigenvalue weighted by molar-refractivity contribution is 6.11. The first-order valence-corrected chi connectivity index (χ1v) is 29.3. The number of carboxylic acids is 2. The van der Waals surface area contributed by atoms with Crippen molar-refractivity contribution in [2.24, 2.45) is 25.9 Å². The molecule has 5 aromatic heterocycles. The quantitative estimate of drug-likeness (QED) is 0.0207. The van der Waals surface area contributed by atoms with E-state index in [9.17, 15) is 55.1 Å². The number of carbonyl (C=O) groups excluding carboxylic acids is 6. The molecule has 6 amide bonds. The van der Waals surface area contributed by atoms with Crippen molar-refractivity contribution < 1.29 is 84.4 Å². The predicted octanol–water partition coefficient (Wildman–Crippen LogP) is 7.72. The van der Waals surface area contributed by atoms with Crippen molar-refractivity contribution in [3.63, 3.8) is 0 Å². The summed E-state index contributed by atoms with van der Waals surface area (Å²) in [6.07, 6.45) is -0.0901. The standard InChI is InChI=1S/C56H75N13O8.2C2HF3O2/c1-37(2)11-17-68-35-43(31-49(68)55(74)61-41-29-47(64(5)33-41)53(72)57-13-7-15-66-19-23-76-24-20-66)59-51(70)39-9-10-45-40(27-39)28-46(63-45)52(71)60-44-32-50(69(36-44)18-12-38(3)4)56(75)62-42-30-48(65(6)34-42)54(73)58-14-8-16-67-21-25-77-26-22-67;2*3-2(4,5)1(6)7/h9-10,27-38,63H,7-8,11-26H2,1-6H3,(H,57,72)(H,58,73)(H,59,70)(H,60,71)(H,61,74)(H,62,75);2*(H,6,7). The molecule has 2 fully saturated rings. The number of nitrogens with zero attached hydrogens (tertiary/aromatic N) is 6. The summed E-state index contributed by atoms with van der Waals surface area (Å²) >= 11 is 0. The number of hydrogen-bond acceptors (Lipinski definition) is 12. The molecule has 7 heterocycles. The molecule has 2 saturated heterocycles. The summed E-state index contributed by atoms with van der Waals surface area (Å²) in [6.45, 7) is 18.8. The third-order valence-electron chi connectivity index (χ3n) is 14.4. The number of amides is 6. The van der Waals surface area contributed by atoms with E-state index in [2.05, 4.69) is 74.4 Å². The van der Waals surface area contributed by atoms with Gasteiger partial charge in [0.15, 0.2) is 0 Å². The summed E-state index contributed by atoms with van der Waals surface area (Å²) in [5.74, 6) is -6.90. The maximum Gasteiger partial charge on any atom is 0.490 e. The van der Waals surface area contributed by atoms with E-state index in [-0.39, 0.29) is 17.5 Å². The molecule has 0 aliphatic carbocycles. The number of benzene rings is 1. The molecule has 0 bridgehead atoms. The number of alkyl halides is 6. The topological polar surface area (TPSA) is 310 Å². The van der Waals surface area contributed by atoms with Crippen LogP contribution < -0.4 is 31.9 Å². The summed E-state index contributed by atoms with van der Waals surface area (Å²) in [7, 11) is 3.51. The van der Waals surface area contributed by atoms with E-state index in [1.54, 1.807) is 96.5 Å². The number of anilines is 4. The molecular formula is C60H77F6N13O12. The van der Waals surface area contributed by atoms with Crippen LogP contribution in [0.5, 0.6) is 0 Å². The Kier molecular flexibility index (Phi) is 25.6. The van der Waals surface area contributed by atoms with E-state index in [1.165, 1.54) is 0 Å². The lowest BCUT2D eigenvalue weighted by atomic mass is 10.1. The van der Waals surface area contributed by atoms with E-state index in [0.717, 1.165) is 91.4 Å². The highest BCUT2D eigenvalue weighted by atomic mass is 19.4. The summed E-state index contributed by atoms with van der Waals surface area (Å²) < 4.78 is 81.3. The number of hydrogen-bond donors (Lipinski definition) is 9. The van der Waals surface area contributed by atoms with Crippen LogP contribution in [0, 0.1) is 11.8 Å². The van der Waals surface area contributed by atoms with Gasteiger partial charge in [-0.25, -0.2) is 9.59 Å². The summed E-state index contributed by atoms with van der Waals surface area (Å²) in [5, 5.41) is 32.6. The second kappa shape index (κ2) is 32.7. The maximum absolute atomic E-state index is 13.8. The van der Waals surface area contributed by atoms with Gasteiger partial charge in [-0.05, 0) is 99.1 Å². The minimum absolute atomic E-state index is 0.229. The molecule has 0 unspecified atom stereocenters. The number of nitrogens with one attached hydrogen (secondary N) is 7. The number of rotatable bonds is 24. The first-order valence-electron chi connectivity index (χ1n) is 29.3. The fourth-order valence-electron chi connectivity index (χ4n) is 9.45. The predicted molar refractivity (Wildman–Crippen MR) is 325 cm³/mol. The number of aromatic nitrogens is 5. The van der Waals surface area contributed by atoms with Crippen LogP contribution in [0.15, 0.2) is 73.3 Å². The Morgan fingerprint density at radius 2 is 0.879 bits per heavy atom. The molecule has 1 aromatic carbocycles. The van der Waals surface area contributed by atoms with Crippen LogP contribution in [0.1, 0.15) is 116 Å². The van der Waals surface area contributed by atoms with Crippen LogP contribution in [0.25, 0.3) is 10.9 Å². The Morgan fingerprint density at radius 3 is 1.27 bits per heavy atom. The van der Waals surface area contributed by atoms with Crippen LogP contribution in [0.2, 0.25) is 0 Å². The fraction of sp³-hybridized carbons (Fsp3) is 0.467. The summed E-state index contributed by atoms with van der Waals surface area (Å²) in [5.41, 5.74) is 4.51. The van der Waals surface area contributed by atoms with Gasteiger partial charge in [0.05, 0.1) is 49.2 Å². The maximum atomic E-state index is 13.8. The van der Waals surface area contributed by atoms with Crippen molar-refractivity contribution >= 4 is 81.0 Å². The molecule has 91 heavy (non-hydrogen) atoms. The smallest absolute Gasteiger partial charge is 0.475 e. The van der Waals surface area contributed by atoms with Gasteiger partial charge in [0.25, 0.3) is 35.4 Å². The number of aliphatic carboxylic acids is 2. The van der Waals surface area contributed by atoms with Crippen LogP contribution >= 0.6 is 0 Å². The molecule has 0 spiro atoms. The molecule has 25 nitrogen and oxygen atoms in total. The minimum atomic E-state index is -5.08. The fourth-order valence-corrected chi connectivity index (χ4v) is 9.45. The molecule has 496 valence electrons. The van der Waals surface area contributed by atoms with Gasteiger partial charge in [0, 0.05) is 108 Å². The average Bonchev–Trinajstić information content (AvgIpc) is 1.76. The molecule has 2 aliphatic heterocycles. The van der Waals surface area contributed by atoms with Crippen LogP contribution in [0.4, 0.5) is 49.1 Å². The second-order valence-corrected chi connectivity index (χ2v) is 22.5. The number of carboxylic acid groups (broad SMARTS) is 2. The van der Waals surface area contributed by atoms with E-state index in [1.807, 2.05) is 9.13 Å². The number of aromatic amines is 1. The number of H-pyrrole nitrogens is 1. The molecule has 31 heteroatoms. The van der Waals surface area contributed by atoms with Crippen molar-refractivity contribution in [2.75, 3.05) is 100 Å². The largest absolute Gasteiger partial charge is 0.490 e. The summed E-state index contributed by atoms with van der Waals surface area (Å²) in [6, 6.07) is 13.3. The normalized spacial score (nSPS) is 13.8. The van der Waals surface area contributed by atoms with Crippen LogP contribution in [0.3, 0.4) is 0 Å². The molecule has 8 rings (SSSR count). The van der Waals surface area contributed by atoms with Crippen LogP contribution in [-0.2, 0) is 46.2 Å². The van der Waals surface area contributed by atoms with Gasteiger partial charge in [-0.2, -0.15) is 26.3 Å². The first kappa shape index (κ1) is 71.1. The lowest BCUT2D eigenvalue weighted by molar-refractivity contribution is -0.193.